The molecule has 1 N–H and O–H groups in total. The third kappa shape index (κ3) is 4.92. The highest BCUT2D eigenvalue weighted by molar-refractivity contribution is 7.99. The number of halogens is 1. The number of nitrogens with zero attached hydrogens (tertiary/aromatic N) is 3. The van der Waals surface area contributed by atoms with E-state index in [0.717, 1.165) is 23.9 Å². The maximum absolute atomic E-state index is 13.5. The van der Waals surface area contributed by atoms with Gasteiger partial charge in [0.1, 0.15) is 23.0 Å². The fourth-order valence-electron chi connectivity index (χ4n) is 2.71. The number of aryl methyl sites for hydroxylation is 1. The van der Waals surface area contributed by atoms with Gasteiger partial charge in [0.05, 0.1) is 5.75 Å². The Bertz CT molecular complexity index is 750. The van der Waals surface area contributed by atoms with Gasteiger partial charge >= 0.3 is 0 Å². The number of rotatable bonds is 5. The Kier molecular flexibility index (Phi) is 5.86. The van der Waals surface area contributed by atoms with Crippen molar-refractivity contribution < 1.29 is 9.18 Å². The molecule has 3 rings (SSSR count). The van der Waals surface area contributed by atoms with Crippen LogP contribution < -0.4 is 10.2 Å². The van der Waals surface area contributed by atoms with Crippen LogP contribution in [0.25, 0.3) is 0 Å². The first-order valence-corrected chi connectivity index (χ1v) is 9.36. The summed E-state index contributed by atoms with van der Waals surface area (Å²) in [6.45, 7) is 3.72. The lowest BCUT2D eigenvalue weighted by atomic mass is 10.1. The summed E-state index contributed by atoms with van der Waals surface area (Å²) in [6.07, 6.45) is 5.17. The van der Waals surface area contributed by atoms with Gasteiger partial charge in [-0.1, -0.05) is 17.8 Å². The summed E-state index contributed by atoms with van der Waals surface area (Å²) in [7, 11) is 0. The zero-order valence-corrected chi connectivity index (χ0v) is 15.0. The fourth-order valence-corrected chi connectivity index (χ4v) is 3.37. The van der Waals surface area contributed by atoms with Crippen LogP contribution >= 0.6 is 11.8 Å². The minimum Gasteiger partial charge on any atom is -0.356 e. The van der Waals surface area contributed by atoms with Gasteiger partial charge in [-0.25, -0.2) is 14.4 Å². The maximum Gasteiger partial charge on any atom is 0.234 e. The van der Waals surface area contributed by atoms with Crippen molar-refractivity contribution in [2.75, 3.05) is 29.1 Å². The van der Waals surface area contributed by atoms with Gasteiger partial charge in [-0.3, -0.25) is 4.79 Å². The van der Waals surface area contributed by atoms with Crippen molar-refractivity contribution in [2.45, 2.75) is 31.2 Å². The predicted octanol–water partition coefficient (Wildman–Crippen LogP) is 3.65. The molecule has 1 aromatic carbocycles. The predicted molar refractivity (Wildman–Crippen MR) is 98.6 cm³/mol. The lowest BCUT2D eigenvalue weighted by Gasteiger charge is -2.27. The summed E-state index contributed by atoms with van der Waals surface area (Å²) >= 11 is 1.35. The quantitative estimate of drug-likeness (QED) is 0.652. The van der Waals surface area contributed by atoms with Crippen LogP contribution in [-0.4, -0.2) is 34.7 Å². The van der Waals surface area contributed by atoms with Crippen molar-refractivity contribution in [1.29, 1.82) is 0 Å². The molecule has 0 unspecified atom stereocenters. The van der Waals surface area contributed by atoms with Gasteiger partial charge in [-0.2, -0.15) is 0 Å². The topological polar surface area (TPSA) is 58.1 Å². The molecule has 25 heavy (non-hydrogen) atoms. The molecule has 1 aromatic heterocycles. The maximum atomic E-state index is 13.5. The first-order valence-electron chi connectivity index (χ1n) is 8.37. The van der Waals surface area contributed by atoms with Crippen LogP contribution in [0, 0.1) is 12.7 Å². The summed E-state index contributed by atoms with van der Waals surface area (Å²) < 4.78 is 13.5. The van der Waals surface area contributed by atoms with Crippen molar-refractivity contribution in [3.63, 3.8) is 0 Å². The number of hydrogen-bond acceptors (Lipinski definition) is 5. The van der Waals surface area contributed by atoms with E-state index in [4.69, 9.17) is 0 Å². The molecule has 1 saturated heterocycles. The van der Waals surface area contributed by atoms with Gasteiger partial charge in [-0.05, 0) is 43.9 Å². The minimum absolute atomic E-state index is 0.189. The van der Waals surface area contributed by atoms with Crippen molar-refractivity contribution in [3.05, 3.63) is 42.0 Å². The van der Waals surface area contributed by atoms with Gasteiger partial charge in [0, 0.05) is 24.8 Å². The zero-order valence-electron chi connectivity index (χ0n) is 14.2. The van der Waals surface area contributed by atoms with Crippen LogP contribution in [0.15, 0.2) is 35.6 Å². The van der Waals surface area contributed by atoms with E-state index in [1.165, 1.54) is 37.1 Å². The van der Waals surface area contributed by atoms with Gasteiger partial charge < -0.3 is 10.2 Å². The van der Waals surface area contributed by atoms with E-state index in [1.807, 2.05) is 6.07 Å². The van der Waals surface area contributed by atoms with Crippen molar-refractivity contribution in [2.24, 2.45) is 0 Å². The van der Waals surface area contributed by atoms with Gasteiger partial charge in [0.15, 0.2) is 0 Å². The lowest BCUT2D eigenvalue weighted by molar-refractivity contribution is -0.113. The minimum atomic E-state index is -0.326. The second-order valence-electron chi connectivity index (χ2n) is 6.06. The number of carbonyl (C=O) groups excluding carboxylic acids is 1. The Morgan fingerprint density at radius 2 is 2.04 bits per heavy atom. The molecule has 2 heterocycles. The first-order chi connectivity index (χ1) is 12.1. The van der Waals surface area contributed by atoms with E-state index in [0.29, 0.717) is 11.3 Å². The largest absolute Gasteiger partial charge is 0.356 e. The highest BCUT2D eigenvalue weighted by atomic mass is 32.2. The molecule has 1 amide bonds. The highest BCUT2D eigenvalue weighted by Crippen LogP contribution is 2.22. The molecule has 5 nitrogen and oxygen atoms in total. The van der Waals surface area contributed by atoms with Crippen LogP contribution in [0.4, 0.5) is 15.9 Å². The van der Waals surface area contributed by atoms with Gasteiger partial charge in [0.2, 0.25) is 5.91 Å². The third-order valence-electron chi connectivity index (χ3n) is 4.11. The number of carbonyl (C=O) groups is 1. The standard InChI is InChI=1S/C18H21FN4OS/c1-13-5-6-14(9-15(13)19)22-17(24)11-25-18-10-16(20-12-21-18)23-7-3-2-4-8-23/h5-6,9-10,12H,2-4,7-8,11H2,1H3,(H,22,24). The highest BCUT2D eigenvalue weighted by Gasteiger charge is 2.13. The number of aromatic nitrogens is 2. The number of piperidine rings is 1. The number of nitrogens with one attached hydrogen (secondary N) is 1. The SMILES string of the molecule is Cc1ccc(NC(=O)CSc2cc(N3CCCCC3)ncn2)cc1F. The molecule has 2 aromatic rings. The number of hydrogen-bond donors (Lipinski definition) is 1. The molecule has 1 aliphatic heterocycles. The molecule has 1 aliphatic rings. The molecule has 0 radical (unpaired) electrons. The average molecular weight is 360 g/mol. The van der Waals surface area contributed by atoms with Gasteiger partial charge in [-0.15, -0.1) is 0 Å². The van der Waals surface area contributed by atoms with E-state index in [9.17, 15) is 9.18 Å². The molecule has 0 spiro atoms. The number of benzene rings is 1. The summed E-state index contributed by atoms with van der Waals surface area (Å²) in [5.74, 6) is 0.614. The summed E-state index contributed by atoms with van der Waals surface area (Å²) in [5.41, 5.74) is 1.02. The Morgan fingerprint density at radius 3 is 2.80 bits per heavy atom. The molecular weight excluding hydrogens is 339 g/mol. The molecule has 0 aliphatic carbocycles. The monoisotopic (exact) mass is 360 g/mol. The second kappa shape index (κ2) is 8.29. The zero-order chi connectivity index (χ0) is 17.6. The van der Waals surface area contributed by atoms with Crippen LogP contribution in [0.2, 0.25) is 0 Å². The third-order valence-corrected chi connectivity index (χ3v) is 5.04. The molecule has 0 atom stereocenters. The van der Waals surface area contributed by atoms with E-state index < -0.39 is 0 Å². The first kappa shape index (κ1) is 17.7. The summed E-state index contributed by atoms with van der Waals surface area (Å²) in [4.78, 5) is 22.9. The smallest absolute Gasteiger partial charge is 0.234 e. The van der Waals surface area contributed by atoms with Crippen molar-refractivity contribution >= 4 is 29.2 Å². The van der Waals surface area contributed by atoms with E-state index >= 15 is 0 Å². The van der Waals surface area contributed by atoms with Crippen LogP contribution in [0.5, 0.6) is 0 Å². The molecule has 7 heteroatoms. The molecule has 0 bridgehead atoms. The Labute approximate surface area is 151 Å². The lowest BCUT2D eigenvalue weighted by Crippen LogP contribution is -2.30. The molecule has 0 saturated carbocycles. The number of anilines is 2. The molecule has 1 fully saturated rings. The van der Waals surface area contributed by atoms with Crippen LogP contribution in [0.1, 0.15) is 24.8 Å². The normalized spacial score (nSPS) is 14.4. The van der Waals surface area contributed by atoms with Crippen molar-refractivity contribution in [3.8, 4) is 0 Å². The Hall–Kier alpha value is -2.15. The van der Waals surface area contributed by atoms with E-state index in [-0.39, 0.29) is 17.5 Å². The van der Waals surface area contributed by atoms with Crippen molar-refractivity contribution in [1.82, 2.24) is 9.97 Å². The van der Waals surface area contributed by atoms with Crippen LogP contribution in [-0.2, 0) is 4.79 Å². The number of thioether (sulfide) groups is 1. The second-order valence-corrected chi connectivity index (χ2v) is 7.06. The number of amides is 1. The summed E-state index contributed by atoms with van der Waals surface area (Å²) in [6, 6.07) is 6.60. The van der Waals surface area contributed by atoms with Crippen LogP contribution in [0.3, 0.4) is 0 Å². The Balaban J connectivity index is 1.55. The molecule has 132 valence electrons. The Morgan fingerprint density at radius 1 is 1.24 bits per heavy atom. The molecular formula is C18H21FN4OS. The summed E-state index contributed by atoms with van der Waals surface area (Å²) in [5, 5.41) is 3.47. The van der Waals surface area contributed by atoms with E-state index in [2.05, 4.69) is 20.2 Å². The average Bonchev–Trinajstić information content (AvgIpc) is 2.64. The van der Waals surface area contributed by atoms with E-state index in [1.54, 1.807) is 25.4 Å². The van der Waals surface area contributed by atoms with Gasteiger partial charge in [0.25, 0.3) is 0 Å². The fraction of sp³-hybridized carbons (Fsp3) is 0.389.